The highest BCUT2D eigenvalue weighted by Gasteiger charge is 2.49. The van der Waals surface area contributed by atoms with Crippen LogP contribution in [0.25, 0.3) is 0 Å². The van der Waals surface area contributed by atoms with Crippen LogP contribution < -0.4 is 14.8 Å². The molecule has 0 fully saturated rings. The Kier molecular flexibility index (Phi) is 8.53. The van der Waals surface area contributed by atoms with Crippen molar-refractivity contribution in [3.8, 4) is 11.5 Å². The number of carbonyl (C=O) groups is 3. The Morgan fingerprint density at radius 2 is 1.85 bits per heavy atom. The van der Waals surface area contributed by atoms with Crippen LogP contribution in [0.4, 0.5) is 0 Å². The van der Waals surface area contributed by atoms with E-state index in [1.807, 2.05) is 48.5 Å². The number of hydrogen-bond acceptors (Lipinski definition) is 7. The van der Waals surface area contributed by atoms with Crippen molar-refractivity contribution >= 4 is 17.8 Å². The van der Waals surface area contributed by atoms with E-state index in [4.69, 9.17) is 14.2 Å². The summed E-state index contributed by atoms with van der Waals surface area (Å²) in [7, 11) is 2.81. The first kappa shape index (κ1) is 27.7. The van der Waals surface area contributed by atoms with E-state index in [-0.39, 0.29) is 36.9 Å². The zero-order chi connectivity index (χ0) is 28.0. The molecular weight excluding hydrogens is 500 g/mol. The van der Waals surface area contributed by atoms with Gasteiger partial charge in [0.1, 0.15) is 22.7 Å². The lowest BCUT2D eigenvalue weighted by molar-refractivity contribution is -0.133. The fourth-order valence-electron chi connectivity index (χ4n) is 4.61. The summed E-state index contributed by atoms with van der Waals surface area (Å²) in [5.41, 5.74) is 0.347. The molecule has 2 aromatic carbocycles. The average Bonchev–Trinajstić information content (AvgIpc) is 3.38. The van der Waals surface area contributed by atoms with Gasteiger partial charge in [-0.2, -0.15) is 0 Å². The van der Waals surface area contributed by atoms with Gasteiger partial charge in [0, 0.05) is 18.7 Å². The summed E-state index contributed by atoms with van der Waals surface area (Å²) >= 11 is 0. The van der Waals surface area contributed by atoms with E-state index in [0.717, 1.165) is 29.7 Å². The van der Waals surface area contributed by atoms with Gasteiger partial charge in [-0.25, -0.2) is 9.78 Å². The van der Waals surface area contributed by atoms with E-state index in [1.165, 1.54) is 18.3 Å². The van der Waals surface area contributed by atoms with Crippen molar-refractivity contribution in [1.82, 2.24) is 19.8 Å². The number of imidazole rings is 1. The summed E-state index contributed by atoms with van der Waals surface area (Å²) in [6.45, 7) is 4.90. The van der Waals surface area contributed by atoms with Gasteiger partial charge >= 0.3 is 5.97 Å². The third-order valence-electron chi connectivity index (χ3n) is 6.89. The molecule has 2 amide bonds. The molecule has 4 rings (SSSR count). The predicted octanol–water partition coefficient (Wildman–Crippen LogP) is 3.59. The van der Waals surface area contributed by atoms with Crippen molar-refractivity contribution in [2.75, 3.05) is 20.8 Å². The maximum atomic E-state index is 13.9. The van der Waals surface area contributed by atoms with Crippen molar-refractivity contribution < 1.29 is 28.6 Å². The molecule has 0 unspecified atom stereocenters. The highest BCUT2D eigenvalue weighted by molar-refractivity contribution is 6.06. The Morgan fingerprint density at radius 3 is 2.54 bits per heavy atom. The largest absolute Gasteiger partial charge is 0.496 e. The van der Waals surface area contributed by atoms with Crippen LogP contribution in [0.1, 0.15) is 58.8 Å². The Morgan fingerprint density at radius 1 is 1.10 bits per heavy atom. The van der Waals surface area contributed by atoms with Crippen LogP contribution in [0.15, 0.2) is 54.9 Å². The third-order valence-corrected chi connectivity index (χ3v) is 6.89. The second kappa shape index (κ2) is 12.0. The fraction of sp³-hybridized carbons (Fsp3) is 0.379. The Balaban J connectivity index is 1.63. The maximum Gasteiger partial charge on any atom is 0.359 e. The molecule has 0 spiro atoms. The number of benzene rings is 2. The van der Waals surface area contributed by atoms with Gasteiger partial charge in [0.25, 0.3) is 5.91 Å². The van der Waals surface area contributed by atoms with Crippen LogP contribution in [0.5, 0.6) is 11.5 Å². The maximum absolute atomic E-state index is 13.9. The number of hydrogen-bond donors (Lipinski definition) is 1. The van der Waals surface area contributed by atoms with Crippen molar-refractivity contribution in [3.05, 3.63) is 77.4 Å². The number of ether oxygens (including phenoxy) is 3. The highest BCUT2D eigenvalue weighted by Crippen LogP contribution is 2.31. The number of aromatic nitrogens is 2. The number of amides is 2. The zero-order valence-corrected chi connectivity index (χ0v) is 22.7. The minimum atomic E-state index is -1.28. The Labute approximate surface area is 227 Å². The molecule has 1 aromatic heterocycles. The smallest absolute Gasteiger partial charge is 0.359 e. The van der Waals surface area contributed by atoms with E-state index >= 15 is 0 Å². The van der Waals surface area contributed by atoms with Crippen LogP contribution in [-0.4, -0.2) is 58.6 Å². The molecule has 0 aliphatic carbocycles. The molecule has 0 saturated heterocycles. The number of fused-ring (bicyclic) bond motifs is 1. The van der Waals surface area contributed by atoms with Gasteiger partial charge < -0.3 is 29.0 Å². The first-order chi connectivity index (χ1) is 18.8. The van der Waals surface area contributed by atoms with Crippen molar-refractivity contribution in [2.45, 2.75) is 51.9 Å². The minimum Gasteiger partial charge on any atom is -0.496 e. The summed E-state index contributed by atoms with van der Waals surface area (Å²) < 4.78 is 17.5. The number of esters is 1. The summed E-state index contributed by atoms with van der Waals surface area (Å²) in [5.74, 6) is -0.159. The lowest BCUT2D eigenvalue weighted by Gasteiger charge is -2.43. The zero-order valence-electron chi connectivity index (χ0n) is 22.7. The number of carbonyl (C=O) groups excluding carboxylic acids is 3. The Bertz CT molecular complexity index is 1340. The molecule has 206 valence electrons. The quantitative estimate of drug-likeness (QED) is 0.296. The molecule has 1 atom stereocenters. The van der Waals surface area contributed by atoms with Crippen LogP contribution in [0.3, 0.4) is 0 Å². The molecule has 10 heteroatoms. The van der Waals surface area contributed by atoms with Gasteiger partial charge in [-0.05, 0) is 37.1 Å². The van der Waals surface area contributed by atoms with Gasteiger partial charge in [0.15, 0.2) is 5.69 Å². The van der Waals surface area contributed by atoms with Gasteiger partial charge in [0.2, 0.25) is 5.91 Å². The first-order valence-corrected chi connectivity index (χ1v) is 12.9. The van der Waals surface area contributed by atoms with E-state index in [2.05, 4.69) is 17.2 Å². The van der Waals surface area contributed by atoms with Crippen LogP contribution in [-0.2, 0) is 29.2 Å². The van der Waals surface area contributed by atoms with Crippen LogP contribution in [0, 0.1) is 0 Å². The monoisotopic (exact) mass is 534 g/mol. The fourth-order valence-corrected chi connectivity index (χ4v) is 4.61. The number of nitrogens with zero attached hydrogens (tertiary/aromatic N) is 3. The molecule has 3 aromatic rings. The normalized spacial score (nSPS) is 16.4. The van der Waals surface area contributed by atoms with Gasteiger partial charge in [-0.15, -0.1) is 0 Å². The second-order valence-corrected chi connectivity index (χ2v) is 9.57. The molecule has 1 aliphatic rings. The lowest BCUT2D eigenvalue weighted by Crippen LogP contribution is -2.63. The summed E-state index contributed by atoms with van der Waals surface area (Å²) in [4.78, 5) is 45.6. The summed E-state index contributed by atoms with van der Waals surface area (Å²) in [6, 6.07) is 14.8. The molecular formula is C29H34N4O6. The number of para-hydroxylation sites is 1. The SMILES string of the molecule is CCCCOc1ccc(CN2C(=O)c3c(C(=O)OC)ncn3C[C@]2(C)C(=O)NCc2ccccc2OC)cc1. The Hall–Kier alpha value is -4.34. The molecule has 0 saturated carbocycles. The molecule has 1 N–H and O–H groups in total. The highest BCUT2D eigenvalue weighted by atomic mass is 16.5. The summed E-state index contributed by atoms with van der Waals surface area (Å²) in [6.07, 6.45) is 3.39. The van der Waals surface area contributed by atoms with E-state index in [0.29, 0.717) is 12.4 Å². The molecule has 0 radical (unpaired) electrons. The molecule has 39 heavy (non-hydrogen) atoms. The number of nitrogens with one attached hydrogen (secondary N) is 1. The van der Waals surface area contributed by atoms with Gasteiger partial charge in [-0.3, -0.25) is 9.59 Å². The molecule has 2 heterocycles. The van der Waals surface area contributed by atoms with Gasteiger partial charge in [0.05, 0.1) is 33.7 Å². The van der Waals surface area contributed by atoms with E-state index in [1.54, 1.807) is 18.6 Å². The molecule has 1 aliphatic heterocycles. The van der Waals surface area contributed by atoms with Crippen molar-refractivity contribution in [3.63, 3.8) is 0 Å². The average molecular weight is 535 g/mol. The summed E-state index contributed by atoms with van der Waals surface area (Å²) in [5, 5.41) is 2.97. The van der Waals surface area contributed by atoms with Crippen molar-refractivity contribution in [1.29, 1.82) is 0 Å². The lowest BCUT2D eigenvalue weighted by atomic mass is 9.93. The van der Waals surface area contributed by atoms with Gasteiger partial charge in [-0.1, -0.05) is 43.7 Å². The third kappa shape index (κ3) is 5.74. The molecule has 0 bridgehead atoms. The predicted molar refractivity (Wildman–Crippen MR) is 144 cm³/mol. The molecule has 10 nitrogen and oxygen atoms in total. The number of methoxy groups -OCH3 is 2. The minimum absolute atomic E-state index is 0.0800. The number of unbranched alkanes of at least 4 members (excludes halogenated alkanes) is 1. The first-order valence-electron chi connectivity index (χ1n) is 12.9. The van der Waals surface area contributed by atoms with E-state index < -0.39 is 17.4 Å². The standard InChI is InChI=1S/C29H34N4O6/c1-5-6-15-39-22-13-11-20(12-14-22)17-33-26(34)25-24(27(35)38-4)31-19-32(25)18-29(33,2)28(36)30-16-21-9-7-8-10-23(21)37-3/h7-14,19H,5-6,15-18H2,1-4H3,(H,30,36)/t29-/m1/s1. The topological polar surface area (TPSA) is 112 Å². The van der Waals surface area contributed by atoms with Crippen LogP contribution in [0.2, 0.25) is 0 Å². The van der Waals surface area contributed by atoms with Crippen molar-refractivity contribution in [2.24, 2.45) is 0 Å². The van der Waals surface area contributed by atoms with Crippen LogP contribution >= 0.6 is 0 Å². The number of rotatable bonds is 11. The second-order valence-electron chi connectivity index (χ2n) is 9.57. The van der Waals surface area contributed by atoms with E-state index in [9.17, 15) is 14.4 Å².